The molecule has 4 rings (SSSR count). The van der Waals surface area contributed by atoms with Crippen LogP contribution in [0, 0.1) is 32.1 Å². The van der Waals surface area contributed by atoms with E-state index in [0.29, 0.717) is 11.3 Å². The van der Waals surface area contributed by atoms with Crippen molar-refractivity contribution in [1.29, 1.82) is 5.26 Å². The number of aromatic nitrogens is 1. The van der Waals surface area contributed by atoms with Crippen molar-refractivity contribution in [2.45, 2.75) is 46.5 Å². The van der Waals surface area contributed by atoms with Crippen molar-refractivity contribution in [3.63, 3.8) is 0 Å². The number of rotatable bonds is 5. The first-order valence-corrected chi connectivity index (χ1v) is 12.1. The number of hydrogen-bond donors (Lipinski definition) is 1. The minimum Gasteiger partial charge on any atom is -0.465 e. The van der Waals surface area contributed by atoms with Crippen molar-refractivity contribution in [3.8, 4) is 11.1 Å². The highest BCUT2D eigenvalue weighted by Crippen LogP contribution is 2.39. The maximum atomic E-state index is 12.8. The van der Waals surface area contributed by atoms with Gasteiger partial charge >= 0.3 is 5.97 Å². The van der Waals surface area contributed by atoms with Gasteiger partial charge in [0.2, 0.25) is 0 Å². The number of nitrogens with one attached hydrogen (secondary N) is 1. The third kappa shape index (κ3) is 4.42. The van der Waals surface area contributed by atoms with E-state index in [0.717, 1.165) is 58.8 Å². The van der Waals surface area contributed by atoms with Gasteiger partial charge in [-0.3, -0.25) is 4.79 Å². The maximum Gasteiger partial charge on any atom is 0.341 e. The van der Waals surface area contributed by atoms with Crippen molar-refractivity contribution in [2.24, 2.45) is 0 Å². The lowest BCUT2D eigenvalue weighted by Gasteiger charge is -2.12. The van der Waals surface area contributed by atoms with Gasteiger partial charge in [-0.05, 0) is 81.9 Å². The number of ether oxygens (including phenoxy) is 1. The fraction of sp³-hybridized carbons (Fsp3) is 0.296. The molecule has 2 heterocycles. The lowest BCUT2D eigenvalue weighted by Crippen LogP contribution is -2.13. The van der Waals surface area contributed by atoms with Gasteiger partial charge < -0.3 is 14.6 Å². The smallest absolute Gasteiger partial charge is 0.341 e. The van der Waals surface area contributed by atoms with E-state index in [1.54, 1.807) is 29.5 Å². The first-order chi connectivity index (χ1) is 16.3. The number of carbonyl (C=O) groups excluding carboxylic acids is 2. The van der Waals surface area contributed by atoms with Gasteiger partial charge in [-0.2, -0.15) is 5.26 Å². The quantitative estimate of drug-likeness (QED) is 0.294. The standard InChI is InChI=1S/C27H27N3O3S/c1-16-9-11-21(12-10-16)29-25(31)20(15-28)14-19-13-17(2)30(18(19)3)26-24(27(32)33-4)22-7-5-6-8-23(22)34-26/h9-14H,5-8H2,1-4H3,(H,29,31)/b20-14-. The molecule has 0 radical (unpaired) electrons. The number of hydrogen-bond acceptors (Lipinski definition) is 5. The molecular formula is C27H27N3O3S. The van der Waals surface area contributed by atoms with E-state index in [4.69, 9.17) is 4.74 Å². The fourth-order valence-corrected chi connectivity index (χ4v) is 5.90. The first-order valence-electron chi connectivity index (χ1n) is 11.3. The topological polar surface area (TPSA) is 84.1 Å². The fourth-order valence-electron chi connectivity index (χ4n) is 4.41. The Labute approximate surface area is 203 Å². The lowest BCUT2D eigenvalue weighted by atomic mass is 9.95. The van der Waals surface area contributed by atoms with E-state index in [-0.39, 0.29) is 11.5 Å². The zero-order valence-electron chi connectivity index (χ0n) is 19.8. The predicted molar refractivity (Wildman–Crippen MR) is 135 cm³/mol. The summed E-state index contributed by atoms with van der Waals surface area (Å²) in [4.78, 5) is 26.7. The van der Waals surface area contributed by atoms with Crippen LogP contribution in [-0.2, 0) is 22.4 Å². The Morgan fingerprint density at radius 2 is 1.85 bits per heavy atom. The summed E-state index contributed by atoms with van der Waals surface area (Å²) >= 11 is 1.63. The average Bonchev–Trinajstić information content (AvgIpc) is 3.34. The predicted octanol–water partition coefficient (Wildman–Crippen LogP) is 5.68. The molecule has 0 unspecified atom stereocenters. The Balaban J connectivity index is 1.73. The maximum absolute atomic E-state index is 12.8. The highest BCUT2D eigenvalue weighted by molar-refractivity contribution is 7.15. The van der Waals surface area contributed by atoms with E-state index >= 15 is 0 Å². The van der Waals surface area contributed by atoms with Gasteiger partial charge in [0.05, 0.1) is 12.7 Å². The van der Waals surface area contributed by atoms with Crippen LogP contribution in [0.15, 0.2) is 35.9 Å². The zero-order chi connectivity index (χ0) is 24.4. The molecule has 0 atom stereocenters. The lowest BCUT2D eigenvalue weighted by molar-refractivity contribution is -0.112. The summed E-state index contributed by atoms with van der Waals surface area (Å²) < 4.78 is 7.17. The molecule has 0 saturated carbocycles. The van der Waals surface area contributed by atoms with Crippen LogP contribution >= 0.6 is 11.3 Å². The van der Waals surface area contributed by atoms with Gasteiger partial charge in [0, 0.05) is 22.0 Å². The minimum atomic E-state index is -0.460. The first kappa shape index (κ1) is 23.5. The Bertz CT molecular complexity index is 1340. The van der Waals surface area contributed by atoms with Crippen LogP contribution in [-0.4, -0.2) is 23.6 Å². The number of esters is 1. The Hall–Kier alpha value is -3.63. The van der Waals surface area contributed by atoms with Gasteiger partial charge in [-0.1, -0.05) is 17.7 Å². The number of nitriles is 1. The zero-order valence-corrected chi connectivity index (χ0v) is 20.6. The molecule has 0 bridgehead atoms. The van der Waals surface area contributed by atoms with E-state index in [2.05, 4.69) is 5.32 Å². The second kappa shape index (κ2) is 9.70. The highest BCUT2D eigenvalue weighted by atomic mass is 32.1. The molecular weight excluding hydrogens is 446 g/mol. The van der Waals surface area contributed by atoms with E-state index < -0.39 is 5.91 Å². The Morgan fingerprint density at radius 1 is 1.15 bits per heavy atom. The molecule has 1 aliphatic rings. The number of nitrogens with zero attached hydrogens (tertiary/aromatic N) is 2. The summed E-state index contributed by atoms with van der Waals surface area (Å²) in [5, 5.41) is 13.3. The number of fused-ring (bicyclic) bond motifs is 1. The van der Waals surface area contributed by atoms with Crippen LogP contribution in [0.2, 0.25) is 0 Å². The summed E-state index contributed by atoms with van der Waals surface area (Å²) in [6, 6.07) is 11.4. The Kier molecular flexibility index (Phi) is 6.71. The molecule has 6 nitrogen and oxygen atoms in total. The van der Waals surface area contributed by atoms with Crippen LogP contribution in [0.25, 0.3) is 11.1 Å². The monoisotopic (exact) mass is 473 g/mol. The van der Waals surface area contributed by atoms with Crippen molar-refractivity contribution >= 4 is 35.0 Å². The summed E-state index contributed by atoms with van der Waals surface area (Å²) in [5.74, 6) is -0.785. The second-order valence-electron chi connectivity index (χ2n) is 8.53. The van der Waals surface area contributed by atoms with E-state index in [9.17, 15) is 14.9 Å². The third-order valence-electron chi connectivity index (χ3n) is 6.19. The summed E-state index contributed by atoms with van der Waals surface area (Å²) in [7, 11) is 1.41. The van der Waals surface area contributed by atoms with Crippen LogP contribution in [0.3, 0.4) is 0 Å². The number of aryl methyl sites for hydroxylation is 3. The SMILES string of the molecule is COC(=O)c1c(-n2c(C)cc(/C=C(/C#N)C(=O)Nc3ccc(C)cc3)c2C)sc2c1CCCC2. The van der Waals surface area contributed by atoms with Crippen LogP contribution < -0.4 is 5.32 Å². The molecule has 3 aromatic rings. The molecule has 1 aliphatic carbocycles. The molecule has 1 aromatic carbocycles. The summed E-state index contributed by atoms with van der Waals surface area (Å²) in [6.07, 6.45) is 5.63. The number of methoxy groups -OCH3 is 1. The van der Waals surface area contributed by atoms with Crippen molar-refractivity contribution < 1.29 is 14.3 Å². The molecule has 7 heteroatoms. The number of benzene rings is 1. The number of carbonyl (C=O) groups is 2. The van der Waals surface area contributed by atoms with Crippen LogP contribution in [0.1, 0.15) is 56.2 Å². The largest absolute Gasteiger partial charge is 0.465 e. The van der Waals surface area contributed by atoms with Crippen molar-refractivity contribution in [3.05, 3.63) is 74.4 Å². The normalized spacial score (nSPS) is 13.2. The number of thiophene rings is 1. The molecule has 0 aliphatic heterocycles. The van der Waals surface area contributed by atoms with Crippen molar-refractivity contribution in [1.82, 2.24) is 4.57 Å². The molecule has 34 heavy (non-hydrogen) atoms. The Morgan fingerprint density at radius 3 is 2.53 bits per heavy atom. The minimum absolute atomic E-state index is 0.0134. The molecule has 0 saturated heterocycles. The molecule has 0 fully saturated rings. The summed E-state index contributed by atoms with van der Waals surface area (Å²) in [6.45, 7) is 5.87. The molecule has 1 amide bonds. The highest BCUT2D eigenvalue weighted by Gasteiger charge is 2.28. The van der Waals surface area contributed by atoms with Gasteiger partial charge in [0.1, 0.15) is 16.6 Å². The number of anilines is 1. The van der Waals surface area contributed by atoms with Gasteiger partial charge in [-0.25, -0.2) is 4.79 Å². The van der Waals surface area contributed by atoms with E-state index in [1.165, 1.54) is 12.0 Å². The molecule has 0 spiro atoms. The van der Waals surface area contributed by atoms with Gasteiger partial charge in [0.15, 0.2) is 0 Å². The van der Waals surface area contributed by atoms with Crippen LogP contribution in [0.5, 0.6) is 0 Å². The average molecular weight is 474 g/mol. The molecule has 1 N–H and O–H groups in total. The molecule has 174 valence electrons. The molecule has 2 aromatic heterocycles. The van der Waals surface area contributed by atoms with Crippen LogP contribution in [0.4, 0.5) is 5.69 Å². The van der Waals surface area contributed by atoms with E-state index in [1.807, 2.05) is 49.6 Å². The van der Waals surface area contributed by atoms with Gasteiger partial charge in [0.25, 0.3) is 5.91 Å². The second-order valence-corrected chi connectivity index (χ2v) is 9.62. The van der Waals surface area contributed by atoms with Gasteiger partial charge in [-0.15, -0.1) is 11.3 Å². The third-order valence-corrected chi connectivity index (χ3v) is 7.47. The van der Waals surface area contributed by atoms with Crippen molar-refractivity contribution in [2.75, 3.05) is 12.4 Å². The summed E-state index contributed by atoms with van der Waals surface area (Å²) in [5.41, 5.74) is 6.00. The number of amides is 1.